The highest BCUT2D eigenvalue weighted by Crippen LogP contribution is 2.32. The van der Waals surface area contributed by atoms with Gasteiger partial charge >= 0.3 is 0 Å². The molecular formula is C17H21N3O. The molecule has 21 heavy (non-hydrogen) atoms. The number of benzene rings is 1. The number of pyridine rings is 1. The average molecular weight is 283 g/mol. The maximum absolute atomic E-state index is 6.17. The number of nitrogens with one attached hydrogen (secondary N) is 1. The average Bonchev–Trinajstić information content (AvgIpc) is 2.55. The maximum atomic E-state index is 6.17. The van der Waals surface area contributed by atoms with Gasteiger partial charge in [-0.15, -0.1) is 0 Å². The molecule has 1 aliphatic heterocycles. The Morgan fingerprint density at radius 1 is 1.19 bits per heavy atom. The number of hydrogen-bond acceptors (Lipinski definition) is 4. The molecule has 2 aromatic rings. The molecule has 0 spiro atoms. The van der Waals surface area contributed by atoms with E-state index in [0.29, 0.717) is 5.82 Å². The zero-order valence-corrected chi connectivity index (χ0v) is 12.1. The summed E-state index contributed by atoms with van der Waals surface area (Å²) in [4.78, 5) is 4.22. The third kappa shape index (κ3) is 3.23. The van der Waals surface area contributed by atoms with Crippen LogP contribution in [-0.4, -0.2) is 24.7 Å². The summed E-state index contributed by atoms with van der Waals surface area (Å²) in [7, 11) is 0. The van der Waals surface area contributed by atoms with E-state index in [0.717, 1.165) is 38.1 Å². The number of nitrogens with two attached hydrogens (primary N) is 1. The molecule has 0 unspecified atom stereocenters. The van der Waals surface area contributed by atoms with Crippen LogP contribution in [0.2, 0.25) is 0 Å². The van der Waals surface area contributed by atoms with Gasteiger partial charge in [0, 0.05) is 24.8 Å². The van der Waals surface area contributed by atoms with Gasteiger partial charge in [-0.2, -0.15) is 0 Å². The summed E-state index contributed by atoms with van der Waals surface area (Å²) in [6.07, 6.45) is 3.75. The summed E-state index contributed by atoms with van der Waals surface area (Å²) < 4.78 is 6.17. The third-order valence-electron chi connectivity index (χ3n) is 4.04. The van der Waals surface area contributed by atoms with E-state index < -0.39 is 0 Å². The number of nitrogen functional groups attached to an aromatic ring is 1. The van der Waals surface area contributed by atoms with Crippen LogP contribution in [0, 0.1) is 0 Å². The van der Waals surface area contributed by atoms with Gasteiger partial charge < -0.3 is 15.8 Å². The van der Waals surface area contributed by atoms with E-state index in [1.165, 1.54) is 5.56 Å². The summed E-state index contributed by atoms with van der Waals surface area (Å²) in [5.74, 6) is 0.542. The molecule has 0 saturated carbocycles. The fourth-order valence-electron chi connectivity index (χ4n) is 2.82. The maximum Gasteiger partial charge on any atom is 0.123 e. The number of anilines is 1. The van der Waals surface area contributed by atoms with E-state index in [2.05, 4.69) is 34.6 Å². The minimum atomic E-state index is -0.311. The van der Waals surface area contributed by atoms with Gasteiger partial charge in [-0.25, -0.2) is 4.98 Å². The molecule has 0 radical (unpaired) electrons. The minimum absolute atomic E-state index is 0.311. The highest BCUT2D eigenvalue weighted by molar-refractivity contribution is 5.32. The van der Waals surface area contributed by atoms with Crippen molar-refractivity contribution in [1.82, 2.24) is 10.3 Å². The van der Waals surface area contributed by atoms with E-state index >= 15 is 0 Å². The predicted molar refractivity (Wildman–Crippen MR) is 83.9 cm³/mol. The zero-order chi connectivity index (χ0) is 14.5. The number of aromatic nitrogens is 1. The van der Waals surface area contributed by atoms with Crippen molar-refractivity contribution in [3.8, 4) is 0 Å². The number of nitrogens with zero attached hydrogens (tertiary/aromatic N) is 1. The van der Waals surface area contributed by atoms with Crippen molar-refractivity contribution in [2.75, 3.05) is 25.4 Å². The molecule has 0 aliphatic carbocycles. The Balaban J connectivity index is 1.81. The number of aryl methyl sites for hydroxylation is 1. The minimum Gasteiger partial charge on any atom is -0.384 e. The lowest BCUT2D eigenvalue weighted by Crippen LogP contribution is -2.47. The molecular weight excluding hydrogens is 262 g/mol. The first-order valence-electron chi connectivity index (χ1n) is 7.39. The second kappa shape index (κ2) is 6.24. The summed E-state index contributed by atoms with van der Waals surface area (Å²) in [6.45, 7) is 2.43. The van der Waals surface area contributed by atoms with Crippen LogP contribution < -0.4 is 11.1 Å². The zero-order valence-electron chi connectivity index (χ0n) is 12.1. The predicted octanol–water partition coefficient (Wildman–Crippen LogP) is 2.11. The van der Waals surface area contributed by atoms with E-state index in [-0.39, 0.29) is 5.60 Å². The van der Waals surface area contributed by atoms with Crippen molar-refractivity contribution in [2.45, 2.75) is 18.4 Å². The van der Waals surface area contributed by atoms with Crippen LogP contribution in [0.1, 0.15) is 17.5 Å². The Hall–Kier alpha value is -1.91. The van der Waals surface area contributed by atoms with Gasteiger partial charge in [0.1, 0.15) is 11.4 Å². The molecule has 1 atom stereocenters. The fourth-order valence-corrected chi connectivity index (χ4v) is 2.82. The quantitative estimate of drug-likeness (QED) is 0.902. The molecule has 1 aromatic heterocycles. The Kier molecular flexibility index (Phi) is 4.18. The molecule has 0 bridgehead atoms. The van der Waals surface area contributed by atoms with Crippen molar-refractivity contribution in [3.63, 3.8) is 0 Å². The van der Waals surface area contributed by atoms with Gasteiger partial charge in [0.2, 0.25) is 0 Å². The molecule has 2 heterocycles. The molecule has 0 amide bonds. The van der Waals surface area contributed by atoms with E-state index in [4.69, 9.17) is 10.5 Å². The van der Waals surface area contributed by atoms with Crippen LogP contribution in [0.25, 0.3) is 0 Å². The normalized spacial score (nSPS) is 22.1. The first-order chi connectivity index (χ1) is 10.3. The second-order valence-corrected chi connectivity index (χ2v) is 5.48. The summed E-state index contributed by atoms with van der Waals surface area (Å²) in [5, 5.41) is 3.44. The topological polar surface area (TPSA) is 60.2 Å². The summed E-state index contributed by atoms with van der Waals surface area (Å²) >= 11 is 0. The third-order valence-corrected chi connectivity index (χ3v) is 4.04. The first-order valence-corrected chi connectivity index (χ1v) is 7.39. The Labute approximate surface area is 125 Å². The molecule has 4 nitrogen and oxygen atoms in total. The first kappa shape index (κ1) is 14.0. The smallest absolute Gasteiger partial charge is 0.123 e. The number of ether oxygens (including phenoxy) is 1. The molecule has 1 saturated heterocycles. The Morgan fingerprint density at radius 3 is 2.71 bits per heavy atom. The molecule has 3 N–H and O–H groups in total. The van der Waals surface area contributed by atoms with Crippen LogP contribution in [0.3, 0.4) is 0 Å². The Bertz CT molecular complexity index is 562. The molecule has 3 rings (SSSR count). The van der Waals surface area contributed by atoms with Gasteiger partial charge in [0.15, 0.2) is 0 Å². The highest BCUT2D eigenvalue weighted by Gasteiger charge is 2.35. The van der Waals surface area contributed by atoms with Crippen molar-refractivity contribution < 1.29 is 4.74 Å². The van der Waals surface area contributed by atoms with Crippen molar-refractivity contribution in [3.05, 3.63) is 59.8 Å². The second-order valence-electron chi connectivity index (χ2n) is 5.48. The van der Waals surface area contributed by atoms with E-state index in [1.807, 2.05) is 24.4 Å². The lowest BCUT2D eigenvalue weighted by molar-refractivity contribution is -0.0768. The fraction of sp³-hybridized carbons (Fsp3) is 0.353. The highest BCUT2D eigenvalue weighted by atomic mass is 16.5. The van der Waals surface area contributed by atoms with Crippen LogP contribution in [0.15, 0.2) is 48.7 Å². The molecule has 110 valence electrons. The van der Waals surface area contributed by atoms with Crippen LogP contribution in [0.4, 0.5) is 5.82 Å². The Morgan fingerprint density at radius 2 is 2.05 bits per heavy atom. The summed E-state index contributed by atoms with van der Waals surface area (Å²) in [6, 6.07) is 14.4. The summed E-state index contributed by atoms with van der Waals surface area (Å²) in [5.41, 5.74) is 7.81. The van der Waals surface area contributed by atoms with Gasteiger partial charge in [-0.05, 0) is 24.5 Å². The van der Waals surface area contributed by atoms with E-state index in [9.17, 15) is 0 Å². The lowest BCUT2D eigenvalue weighted by atomic mass is 9.87. The monoisotopic (exact) mass is 283 g/mol. The number of hydrogen-bond donors (Lipinski definition) is 2. The molecule has 4 heteroatoms. The van der Waals surface area contributed by atoms with Gasteiger partial charge in [0.05, 0.1) is 6.61 Å². The SMILES string of the molecule is Nc1ccc([C@]2(CCc3ccccc3)CNCCO2)cn1. The van der Waals surface area contributed by atoms with Crippen LogP contribution in [0.5, 0.6) is 0 Å². The molecule has 1 aliphatic rings. The van der Waals surface area contributed by atoms with Crippen LogP contribution in [-0.2, 0) is 16.8 Å². The largest absolute Gasteiger partial charge is 0.384 e. The van der Waals surface area contributed by atoms with Gasteiger partial charge in [0.25, 0.3) is 0 Å². The van der Waals surface area contributed by atoms with Crippen molar-refractivity contribution in [2.24, 2.45) is 0 Å². The van der Waals surface area contributed by atoms with Gasteiger partial charge in [-0.3, -0.25) is 0 Å². The standard InChI is InChI=1S/C17H21N3O/c18-16-7-6-15(12-20-16)17(13-19-10-11-21-17)9-8-14-4-2-1-3-5-14/h1-7,12,19H,8-11,13H2,(H2,18,20)/t17-/m0/s1. The van der Waals surface area contributed by atoms with Crippen molar-refractivity contribution >= 4 is 5.82 Å². The van der Waals surface area contributed by atoms with Crippen molar-refractivity contribution in [1.29, 1.82) is 0 Å². The molecule has 1 fully saturated rings. The lowest BCUT2D eigenvalue weighted by Gasteiger charge is -2.38. The van der Waals surface area contributed by atoms with Crippen LogP contribution >= 0.6 is 0 Å². The number of morpholine rings is 1. The van der Waals surface area contributed by atoms with Gasteiger partial charge in [-0.1, -0.05) is 36.4 Å². The number of rotatable bonds is 4. The van der Waals surface area contributed by atoms with E-state index in [1.54, 1.807) is 0 Å². The molecule has 1 aromatic carbocycles.